The van der Waals surface area contributed by atoms with Crippen LogP contribution in [0.5, 0.6) is 5.75 Å². The molecule has 0 saturated carbocycles. The zero-order valence-electron chi connectivity index (χ0n) is 17.1. The Balaban J connectivity index is 1.53. The molecule has 1 aliphatic heterocycles. The van der Waals surface area contributed by atoms with Gasteiger partial charge in [0, 0.05) is 7.11 Å². The molecular weight excluding hydrogens is 514 g/mol. The molecule has 0 N–H and O–H groups in total. The number of thioether (sulfide) groups is 1. The molecule has 32 heavy (non-hydrogen) atoms. The lowest BCUT2D eigenvalue weighted by atomic mass is 10.1. The normalized spacial score (nSPS) is 15.2. The minimum atomic E-state index is -0.333. The monoisotopic (exact) mass is 531 g/mol. The van der Waals surface area contributed by atoms with Crippen LogP contribution in [0.4, 0.5) is 4.79 Å². The summed E-state index contributed by atoms with van der Waals surface area (Å²) < 4.78 is 11.7. The minimum Gasteiger partial charge on any atom is -0.486 e. The van der Waals surface area contributed by atoms with Crippen LogP contribution in [0, 0.1) is 0 Å². The predicted octanol–water partition coefficient (Wildman–Crippen LogP) is 6.52. The number of imide groups is 1. The number of nitrogens with zero attached hydrogens (tertiary/aromatic N) is 1. The molecule has 4 rings (SSSR count). The number of ether oxygens (including phenoxy) is 2. The lowest BCUT2D eigenvalue weighted by Crippen LogP contribution is -2.31. The Kier molecular flexibility index (Phi) is 7.20. The summed E-state index contributed by atoms with van der Waals surface area (Å²) in [6.07, 6.45) is 1.66. The van der Waals surface area contributed by atoms with E-state index in [2.05, 4.69) is 34.1 Å². The van der Waals surface area contributed by atoms with E-state index in [0.29, 0.717) is 38.9 Å². The second-order valence-corrected chi connectivity index (χ2v) is 9.32. The molecular formula is C24H19BrClNO4S. The number of hydrogen-bond acceptors (Lipinski definition) is 5. The summed E-state index contributed by atoms with van der Waals surface area (Å²) in [5.41, 5.74) is 1.75. The zero-order valence-corrected chi connectivity index (χ0v) is 20.3. The first kappa shape index (κ1) is 22.9. The highest BCUT2D eigenvalue weighted by Gasteiger charge is 2.34. The predicted molar refractivity (Wildman–Crippen MR) is 132 cm³/mol. The molecule has 0 aliphatic carbocycles. The highest BCUT2D eigenvalue weighted by Crippen LogP contribution is 2.38. The minimum absolute atomic E-state index is 0.226. The number of carbonyl (C=O) groups excluding carboxylic acids is 2. The molecule has 1 fully saturated rings. The van der Waals surface area contributed by atoms with Crippen LogP contribution in [-0.4, -0.2) is 36.3 Å². The van der Waals surface area contributed by atoms with Gasteiger partial charge in [-0.25, -0.2) is 0 Å². The van der Waals surface area contributed by atoms with Crippen LogP contribution in [0.15, 0.2) is 64.0 Å². The van der Waals surface area contributed by atoms with Gasteiger partial charge in [0.15, 0.2) is 5.75 Å². The second kappa shape index (κ2) is 10.1. The molecule has 1 saturated heterocycles. The summed E-state index contributed by atoms with van der Waals surface area (Å²) in [7, 11) is 1.53. The molecule has 0 aromatic heterocycles. The summed E-state index contributed by atoms with van der Waals surface area (Å²) in [5.74, 6) is 0.186. The van der Waals surface area contributed by atoms with E-state index in [9.17, 15) is 9.59 Å². The summed E-state index contributed by atoms with van der Waals surface area (Å²) in [6, 6.07) is 17.8. The summed E-state index contributed by atoms with van der Waals surface area (Å²) in [6.45, 7) is 0.882. The average molecular weight is 533 g/mol. The number of halogens is 2. The van der Waals surface area contributed by atoms with Gasteiger partial charge in [-0.2, -0.15) is 0 Å². The highest BCUT2D eigenvalue weighted by molar-refractivity contribution is 9.10. The fraction of sp³-hybridized carbons (Fsp3) is 0.167. The van der Waals surface area contributed by atoms with E-state index in [0.717, 1.165) is 28.1 Å². The molecule has 0 atom stereocenters. The Morgan fingerprint density at radius 2 is 1.91 bits per heavy atom. The molecule has 0 radical (unpaired) electrons. The average Bonchev–Trinajstić information content (AvgIpc) is 3.04. The molecule has 3 aromatic rings. The van der Waals surface area contributed by atoms with Crippen LogP contribution in [-0.2, 0) is 16.1 Å². The van der Waals surface area contributed by atoms with E-state index in [1.165, 1.54) is 12.0 Å². The molecule has 5 nitrogen and oxygen atoms in total. The molecule has 2 amide bonds. The fourth-order valence-electron chi connectivity index (χ4n) is 3.40. The van der Waals surface area contributed by atoms with Gasteiger partial charge in [-0.3, -0.25) is 14.5 Å². The zero-order chi connectivity index (χ0) is 22.7. The quantitative estimate of drug-likeness (QED) is 0.324. The largest absolute Gasteiger partial charge is 0.486 e. The molecule has 1 heterocycles. The van der Waals surface area contributed by atoms with Crippen molar-refractivity contribution in [3.63, 3.8) is 0 Å². The number of carbonyl (C=O) groups is 2. The summed E-state index contributed by atoms with van der Waals surface area (Å²) in [4.78, 5) is 26.2. The van der Waals surface area contributed by atoms with E-state index in [1.54, 1.807) is 12.1 Å². The van der Waals surface area contributed by atoms with Crippen molar-refractivity contribution >= 4 is 67.3 Å². The van der Waals surface area contributed by atoms with Gasteiger partial charge < -0.3 is 9.47 Å². The number of amides is 2. The number of methoxy groups -OCH3 is 1. The van der Waals surface area contributed by atoms with Crippen molar-refractivity contribution in [1.82, 2.24) is 4.90 Å². The molecule has 164 valence electrons. The van der Waals surface area contributed by atoms with E-state index in [4.69, 9.17) is 21.1 Å². The Morgan fingerprint density at radius 3 is 2.69 bits per heavy atom. The van der Waals surface area contributed by atoms with E-state index in [1.807, 2.05) is 30.3 Å². The molecule has 3 aromatic carbocycles. The smallest absolute Gasteiger partial charge is 0.293 e. The molecule has 1 aliphatic rings. The van der Waals surface area contributed by atoms with Gasteiger partial charge in [-0.05, 0) is 67.8 Å². The van der Waals surface area contributed by atoms with Crippen LogP contribution < -0.4 is 4.74 Å². The van der Waals surface area contributed by atoms with Crippen molar-refractivity contribution in [3.05, 3.63) is 80.1 Å². The molecule has 0 bridgehead atoms. The van der Waals surface area contributed by atoms with E-state index >= 15 is 0 Å². The Labute approximate surface area is 203 Å². The Bertz CT molecular complexity index is 1200. The van der Waals surface area contributed by atoms with Gasteiger partial charge in [0.2, 0.25) is 0 Å². The maximum absolute atomic E-state index is 12.5. The van der Waals surface area contributed by atoms with Crippen LogP contribution in [0.25, 0.3) is 16.8 Å². The standard InChI is InChI=1S/C24H19BrClNO4S/c1-30-10-9-27-23(28)21(32-24(27)29)13-15-11-19(25)22(20(26)12-15)31-14-17-7-4-6-16-5-2-3-8-18(16)17/h2-8,11-13H,9-10,14H2,1H3/b21-13+. The Morgan fingerprint density at radius 1 is 1.12 bits per heavy atom. The van der Waals surface area contributed by atoms with Crippen LogP contribution in [0.3, 0.4) is 0 Å². The van der Waals surface area contributed by atoms with Gasteiger partial charge in [-0.1, -0.05) is 54.1 Å². The van der Waals surface area contributed by atoms with Crippen molar-refractivity contribution in [2.45, 2.75) is 6.61 Å². The highest BCUT2D eigenvalue weighted by atomic mass is 79.9. The second-order valence-electron chi connectivity index (χ2n) is 7.07. The van der Waals surface area contributed by atoms with Crippen molar-refractivity contribution in [3.8, 4) is 5.75 Å². The van der Waals surface area contributed by atoms with E-state index < -0.39 is 0 Å². The maximum Gasteiger partial charge on any atom is 0.293 e. The van der Waals surface area contributed by atoms with Gasteiger partial charge >= 0.3 is 0 Å². The lowest BCUT2D eigenvalue weighted by Gasteiger charge is -2.13. The van der Waals surface area contributed by atoms with Crippen LogP contribution >= 0.6 is 39.3 Å². The molecule has 8 heteroatoms. The number of rotatable bonds is 7. The first-order chi connectivity index (χ1) is 15.5. The van der Waals surface area contributed by atoms with Gasteiger partial charge in [0.05, 0.1) is 27.6 Å². The topological polar surface area (TPSA) is 55.8 Å². The SMILES string of the molecule is COCCN1C(=O)S/C(=C/c2cc(Cl)c(OCc3cccc4ccccc34)c(Br)c2)C1=O. The number of fused-ring (bicyclic) bond motifs is 1. The van der Waals surface area contributed by atoms with Crippen molar-refractivity contribution in [1.29, 1.82) is 0 Å². The number of benzene rings is 3. The third-order valence-electron chi connectivity index (χ3n) is 4.96. The van der Waals surface area contributed by atoms with Crippen LogP contribution in [0.2, 0.25) is 5.02 Å². The van der Waals surface area contributed by atoms with Crippen LogP contribution in [0.1, 0.15) is 11.1 Å². The first-order valence-electron chi connectivity index (χ1n) is 9.80. The summed E-state index contributed by atoms with van der Waals surface area (Å²) in [5, 5.41) is 2.37. The summed E-state index contributed by atoms with van der Waals surface area (Å²) >= 11 is 10.9. The fourth-order valence-corrected chi connectivity index (χ4v) is 5.25. The van der Waals surface area contributed by atoms with E-state index in [-0.39, 0.29) is 17.7 Å². The lowest BCUT2D eigenvalue weighted by molar-refractivity contribution is -0.123. The molecule has 0 spiro atoms. The van der Waals surface area contributed by atoms with Gasteiger partial charge in [-0.15, -0.1) is 0 Å². The third-order valence-corrected chi connectivity index (χ3v) is 6.74. The Hall–Kier alpha value is -2.32. The number of hydrogen-bond donors (Lipinski definition) is 0. The van der Waals surface area contributed by atoms with Crippen molar-refractivity contribution in [2.24, 2.45) is 0 Å². The molecule has 0 unspecified atom stereocenters. The third kappa shape index (κ3) is 4.86. The van der Waals surface area contributed by atoms with Crippen molar-refractivity contribution in [2.75, 3.05) is 20.3 Å². The van der Waals surface area contributed by atoms with Gasteiger partial charge in [0.1, 0.15) is 6.61 Å². The first-order valence-corrected chi connectivity index (χ1v) is 11.8. The maximum atomic E-state index is 12.5. The van der Waals surface area contributed by atoms with Gasteiger partial charge in [0.25, 0.3) is 11.1 Å². The van der Waals surface area contributed by atoms with Crippen molar-refractivity contribution < 1.29 is 19.1 Å².